The van der Waals surface area contributed by atoms with Gasteiger partial charge in [0.2, 0.25) is 0 Å². The molecule has 0 aliphatic carbocycles. The van der Waals surface area contributed by atoms with Crippen LogP contribution in [0.1, 0.15) is 5.56 Å². The van der Waals surface area contributed by atoms with Crippen molar-refractivity contribution in [2.45, 2.75) is 6.92 Å². The van der Waals surface area contributed by atoms with E-state index in [1.807, 2.05) is 19.1 Å². The molecular weight excluding hydrogens is 249 g/mol. The molecule has 4 N–H and O–H groups in total. The van der Waals surface area contributed by atoms with Crippen molar-refractivity contribution in [2.24, 2.45) is 0 Å². The maximum absolute atomic E-state index is 10.8. The average Bonchev–Trinajstić information content (AvgIpc) is 2.15. The minimum Gasteiger partial charge on any atom is -0.410 e. The molecule has 0 aliphatic rings. The number of amides is 1. The van der Waals surface area contributed by atoms with Crippen LogP contribution in [0.4, 0.5) is 4.79 Å². The van der Waals surface area contributed by atoms with E-state index in [1.165, 1.54) is 7.05 Å². The molecule has 0 radical (unpaired) electrons. The summed E-state index contributed by atoms with van der Waals surface area (Å²) in [7, 11) is -3.11. The van der Waals surface area contributed by atoms with Crippen molar-refractivity contribution >= 4 is 13.9 Å². The molecule has 7 nitrogen and oxygen atoms in total. The fraction of sp³-hybridized carbons (Fsp3) is 0.222. The molecule has 0 saturated heterocycles. The summed E-state index contributed by atoms with van der Waals surface area (Å²) < 4.78 is 13.8. The van der Waals surface area contributed by atoms with Gasteiger partial charge in [-0.25, -0.2) is 9.36 Å². The summed E-state index contributed by atoms with van der Waals surface area (Å²) in [4.78, 5) is 32.3. The number of nitrogens with one attached hydrogen (secondary N) is 1. The molecule has 8 heteroatoms. The third kappa shape index (κ3) is 10.9. The zero-order chi connectivity index (χ0) is 13.5. The maximum Gasteiger partial charge on any atom is 0.466 e. The zero-order valence-electron chi connectivity index (χ0n) is 9.32. The van der Waals surface area contributed by atoms with E-state index in [9.17, 15) is 4.79 Å². The van der Waals surface area contributed by atoms with Gasteiger partial charge in [-0.1, -0.05) is 12.1 Å². The first-order valence-corrected chi connectivity index (χ1v) is 6.03. The van der Waals surface area contributed by atoms with Crippen molar-refractivity contribution in [3.63, 3.8) is 0 Å². The van der Waals surface area contributed by atoms with Gasteiger partial charge in [-0.2, -0.15) is 0 Å². The number of rotatable bonds is 1. The number of aryl methyl sites for hydroxylation is 1. The van der Waals surface area contributed by atoms with Gasteiger partial charge in [0.15, 0.2) is 0 Å². The van der Waals surface area contributed by atoms with E-state index in [4.69, 9.17) is 24.0 Å². The van der Waals surface area contributed by atoms with Gasteiger partial charge in [-0.05, 0) is 24.6 Å². The van der Waals surface area contributed by atoms with Crippen LogP contribution < -0.4 is 10.1 Å². The van der Waals surface area contributed by atoms with E-state index in [0.717, 1.165) is 5.56 Å². The SMILES string of the molecule is CNC(=O)Oc1cccc(C)c1.O=P(O)(O)O. The lowest BCUT2D eigenvalue weighted by molar-refractivity contribution is 0.203. The Kier molecular flexibility index (Phi) is 6.45. The number of carbonyl (C=O) groups excluding carboxylic acids is 1. The third-order valence-corrected chi connectivity index (χ3v) is 1.40. The lowest BCUT2D eigenvalue weighted by Gasteiger charge is -2.02. The van der Waals surface area contributed by atoms with Gasteiger partial charge in [0.05, 0.1) is 0 Å². The summed E-state index contributed by atoms with van der Waals surface area (Å²) in [6, 6.07) is 7.32. The Labute approximate surface area is 98.3 Å². The molecule has 0 fully saturated rings. The number of benzene rings is 1. The second kappa shape index (κ2) is 7.03. The molecule has 1 amide bonds. The predicted octanol–water partition coefficient (Wildman–Crippen LogP) is 0.785. The Morgan fingerprint density at radius 3 is 2.29 bits per heavy atom. The minimum absolute atomic E-state index is 0.444. The molecule has 0 aliphatic heterocycles. The van der Waals surface area contributed by atoms with Gasteiger partial charge in [0, 0.05) is 7.05 Å². The first kappa shape index (κ1) is 15.6. The first-order valence-electron chi connectivity index (χ1n) is 4.47. The maximum atomic E-state index is 10.8. The highest BCUT2D eigenvalue weighted by molar-refractivity contribution is 7.45. The number of hydrogen-bond acceptors (Lipinski definition) is 3. The van der Waals surface area contributed by atoms with Crippen LogP contribution in [-0.4, -0.2) is 27.8 Å². The molecule has 0 spiro atoms. The average molecular weight is 263 g/mol. The number of hydrogen-bond donors (Lipinski definition) is 4. The second-order valence-corrected chi connectivity index (χ2v) is 4.00. The quantitative estimate of drug-likeness (QED) is 0.556. The topological polar surface area (TPSA) is 116 Å². The molecule has 0 atom stereocenters. The number of phosphoric acid groups is 1. The lowest BCUT2D eigenvalue weighted by atomic mass is 10.2. The van der Waals surface area contributed by atoms with Crippen molar-refractivity contribution in [1.29, 1.82) is 0 Å². The number of ether oxygens (including phenoxy) is 1. The molecule has 17 heavy (non-hydrogen) atoms. The van der Waals surface area contributed by atoms with Crippen LogP contribution in [0.25, 0.3) is 0 Å². The van der Waals surface area contributed by atoms with Gasteiger partial charge >= 0.3 is 13.9 Å². The molecule has 1 aromatic carbocycles. The Balaban J connectivity index is 0.000000437. The number of carbonyl (C=O) groups is 1. The fourth-order valence-electron chi connectivity index (χ4n) is 0.837. The molecule has 0 bridgehead atoms. The van der Waals surface area contributed by atoms with Gasteiger partial charge in [0.1, 0.15) is 5.75 Å². The van der Waals surface area contributed by atoms with E-state index in [2.05, 4.69) is 5.32 Å². The van der Waals surface area contributed by atoms with E-state index in [0.29, 0.717) is 5.75 Å². The third-order valence-electron chi connectivity index (χ3n) is 1.40. The Morgan fingerprint density at radius 1 is 1.35 bits per heavy atom. The first-order chi connectivity index (χ1) is 7.72. The molecule has 96 valence electrons. The molecule has 1 aromatic rings. The summed E-state index contributed by atoms with van der Waals surface area (Å²) in [6.45, 7) is 1.94. The summed E-state index contributed by atoms with van der Waals surface area (Å²) in [6.07, 6.45) is -0.444. The van der Waals surface area contributed by atoms with Crippen LogP contribution in [0.2, 0.25) is 0 Å². The van der Waals surface area contributed by atoms with Crippen LogP contribution in [0.15, 0.2) is 24.3 Å². The monoisotopic (exact) mass is 263 g/mol. The largest absolute Gasteiger partial charge is 0.466 e. The van der Waals surface area contributed by atoms with Crippen LogP contribution in [-0.2, 0) is 4.57 Å². The summed E-state index contributed by atoms with van der Waals surface area (Å²) in [5, 5.41) is 2.37. The van der Waals surface area contributed by atoms with Crippen molar-refractivity contribution in [3.8, 4) is 5.75 Å². The smallest absolute Gasteiger partial charge is 0.410 e. The molecule has 0 heterocycles. The Hall–Kier alpha value is -1.40. The van der Waals surface area contributed by atoms with E-state index >= 15 is 0 Å². The predicted molar refractivity (Wildman–Crippen MR) is 60.5 cm³/mol. The lowest BCUT2D eigenvalue weighted by Crippen LogP contribution is -2.21. The highest BCUT2D eigenvalue weighted by Crippen LogP contribution is 2.25. The van der Waals surface area contributed by atoms with E-state index in [1.54, 1.807) is 12.1 Å². The Morgan fingerprint density at radius 2 is 1.88 bits per heavy atom. The van der Waals surface area contributed by atoms with Crippen molar-refractivity contribution in [2.75, 3.05) is 7.05 Å². The molecule has 0 saturated carbocycles. The molecular formula is C9H14NO6P. The van der Waals surface area contributed by atoms with Crippen LogP contribution in [0.3, 0.4) is 0 Å². The second-order valence-electron chi connectivity index (χ2n) is 2.97. The van der Waals surface area contributed by atoms with E-state index in [-0.39, 0.29) is 0 Å². The van der Waals surface area contributed by atoms with Crippen LogP contribution >= 0.6 is 7.82 Å². The highest BCUT2D eigenvalue weighted by Gasteiger charge is 2.00. The highest BCUT2D eigenvalue weighted by atomic mass is 31.2. The van der Waals surface area contributed by atoms with Crippen molar-refractivity contribution in [3.05, 3.63) is 29.8 Å². The van der Waals surface area contributed by atoms with Crippen molar-refractivity contribution < 1.29 is 28.8 Å². The molecule has 0 aromatic heterocycles. The van der Waals surface area contributed by atoms with Gasteiger partial charge in [-0.15, -0.1) is 0 Å². The fourth-order valence-corrected chi connectivity index (χ4v) is 0.837. The molecule has 0 unspecified atom stereocenters. The van der Waals surface area contributed by atoms with Gasteiger partial charge in [-0.3, -0.25) is 0 Å². The summed E-state index contributed by atoms with van der Waals surface area (Å²) in [5.41, 5.74) is 1.07. The zero-order valence-corrected chi connectivity index (χ0v) is 10.2. The van der Waals surface area contributed by atoms with Crippen LogP contribution in [0, 0.1) is 6.92 Å². The van der Waals surface area contributed by atoms with Gasteiger partial charge < -0.3 is 24.7 Å². The normalized spacial score (nSPS) is 9.94. The summed E-state index contributed by atoms with van der Waals surface area (Å²) >= 11 is 0. The summed E-state index contributed by atoms with van der Waals surface area (Å²) in [5.74, 6) is 0.564. The van der Waals surface area contributed by atoms with E-state index < -0.39 is 13.9 Å². The standard InChI is InChI=1S/C9H11NO2.H3O4P/c1-7-4-3-5-8(6-7)12-9(11)10-2;1-5(2,3)4/h3-6H,1-2H3,(H,10,11);(H3,1,2,3,4). The van der Waals surface area contributed by atoms with Gasteiger partial charge in [0.25, 0.3) is 0 Å². The van der Waals surface area contributed by atoms with Crippen LogP contribution in [0.5, 0.6) is 5.75 Å². The Bertz CT molecular complexity index is 407. The molecule has 1 rings (SSSR count). The van der Waals surface area contributed by atoms with Crippen molar-refractivity contribution in [1.82, 2.24) is 5.32 Å². The minimum atomic E-state index is -4.64.